The number of likely N-dealkylation sites (tertiary alicyclic amines) is 2. The van der Waals surface area contributed by atoms with Gasteiger partial charge in [0.15, 0.2) is 0 Å². The van der Waals surface area contributed by atoms with Gasteiger partial charge in [0, 0.05) is 19.1 Å². The first kappa shape index (κ1) is 16.2. The first-order valence-electron chi connectivity index (χ1n) is 8.10. The molecule has 2 heterocycles. The van der Waals surface area contributed by atoms with Gasteiger partial charge >= 0.3 is 5.97 Å². The number of carboxylic acids is 1. The van der Waals surface area contributed by atoms with Crippen molar-refractivity contribution in [1.82, 2.24) is 15.1 Å². The summed E-state index contributed by atoms with van der Waals surface area (Å²) in [6.07, 6.45) is 4.54. The second kappa shape index (κ2) is 7.75. The zero-order chi connectivity index (χ0) is 15.2. The van der Waals surface area contributed by atoms with Gasteiger partial charge in [-0.05, 0) is 45.2 Å². The van der Waals surface area contributed by atoms with Gasteiger partial charge in [0.1, 0.15) is 6.04 Å². The van der Waals surface area contributed by atoms with Crippen LogP contribution < -0.4 is 5.32 Å². The number of amides is 1. The van der Waals surface area contributed by atoms with Gasteiger partial charge in [0.25, 0.3) is 0 Å². The van der Waals surface area contributed by atoms with Crippen LogP contribution >= 0.6 is 0 Å². The summed E-state index contributed by atoms with van der Waals surface area (Å²) in [5.41, 5.74) is 0. The van der Waals surface area contributed by atoms with Crippen molar-refractivity contribution >= 4 is 11.9 Å². The van der Waals surface area contributed by atoms with Gasteiger partial charge in [0.05, 0.1) is 6.54 Å². The second-order valence-corrected chi connectivity index (χ2v) is 6.02. The first-order chi connectivity index (χ1) is 10.1. The van der Waals surface area contributed by atoms with Crippen molar-refractivity contribution in [3.8, 4) is 0 Å². The van der Waals surface area contributed by atoms with E-state index in [4.69, 9.17) is 0 Å². The average Bonchev–Trinajstić information content (AvgIpc) is 2.97. The highest BCUT2D eigenvalue weighted by Crippen LogP contribution is 2.26. The van der Waals surface area contributed by atoms with E-state index in [2.05, 4.69) is 17.1 Å². The smallest absolute Gasteiger partial charge is 0.320 e. The van der Waals surface area contributed by atoms with Gasteiger partial charge in [0.2, 0.25) is 5.91 Å². The molecule has 2 aliphatic heterocycles. The highest BCUT2D eigenvalue weighted by molar-refractivity contribution is 5.78. The van der Waals surface area contributed by atoms with Crippen molar-refractivity contribution in [2.75, 3.05) is 32.7 Å². The Kier molecular flexibility index (Phi) is 5.99. The Morgan fingerprint density at radius 2 is 1.90 bits per heavy atom. The van der Waals surface area contributed by atoms with Crippen molar-refractivity contribution in [2.24, 2.45) is 0 Å². The Morgan fingerprint density at radius 1 is 1.19 bits per heavy atom. The molecule has 6 heteroatoms. The number of hydrogen-bond acceptors (Lipinski definition) is 4. The van der Waals surface area contributed by atoms with Crippen molar-refractivity contribution in [3.05, 3.63) is 0 Å². The van der Waals surface area contributed by atoms with Gasteiger partial charge in [-0.15, -0.1) is 0 Å². The minimum absolute atomic E-state index is 0.165. The maximum Gasteiger partial charge on any atom is 0.320 e. The monoisotopic (exact) mass is 297 g/mol. The molecular weight excluding hydrogens is 270 g/mol. The summed E-state index contributed by atoms with van der Waals surface area (Å²) >= 11 is 0. The molecule has 2 saturated heterocycles. The van der Waals surface area contributed by atoms with E-state index < -0.39 is 5.97 Å². The molecular formula is C15H27N3O3. The number of nitrogens with zero attached hydrogens (tertiary/aromatic N) is 2. The molecule has 6 nitrogen and oxygen atoms in total. The minimum Gasteiger partial charge on any atom is -0.480 e. The molecule has 0 aliphatic carbocycles. The van der Waals surface area contributed by atoms with E-state index in [0.29, 0.717) is 12.6 Å². The van der Waals surface area contributed by atoms with Crippen molar-refractivity contribution in [1.29, 1.82) is 0 Å². The molecule has 0 aromatic carbocycles. The molecule has 1 unspecified atom stereocenters. The van der Waals surface area contributed by atoms with Gasteiger partial charge in [-0.25, -0.2) is 0 Å². The maximum absolute atomic E-state index is 12.0. The lowest BCUT2D eigenvalue weighted by Gasteiger charge is -2.38. The fraction of sp³-hybridized carbons (Fsp3) is 0.867. The van der Waals surface area contributed by atoms with E-state index in [1.54, 1.807) is 0 Å². The minimum atomic E-state index is -0.699. The van der Waals surface area contributed by atoms with Crippen LogP contribution in [0.1, 0.15) is 39.0 Å². The zero-order valence-corrected chi connectivity index (χ0v) is 12.9. The average molecular weight is 297 g/mol. The molecule has 0 radical (unpaired) electrons. The summed E-state index contributed by atoms with van der Waals surface area (Å²) in [6.45, 7) is 5.75. The molecule has 2 N–H and O–H groups in total. The number of carbonyl (C=O) groups is 2. The van der Waals surface area contributed by atoms with Gasteiger partial charge in [-0.1, -0.05) is 6.92 Å². The van der Waals surface area contributed by atoms with Crippen LogP contribution in [0.15, 0.2) is 0 Å². The number of rotatable bonds is 6. The summed E-state index contributed by atoms with van der Waals surface area (Å²) in [4.78, 5) is 27.3. The number of nitrogens with one attached hydrogen (secondary N) is 1. The lowest BCUT2D eigenvalue weighted by molar-refractivity contribution is -0.144. The van der Waals surface area contributed by atoms with Crippen molar-refractivity contribution in [3.63, 3.8) is 0 Å². The zero-order valence-electron chi connectivity index (χ0n) is 12.9. The first-order valence-corrected chi connectivity index (χ1v) is 8.10. The van der Waals surface area contributed by atoms with E-state index >= 15 is 0 Å². The standard InChI is InChI=1S/C15H27N3O3/c1-2-7-16-11-14(19)17-9-5-12(6-10-17)18-8-3-4-13(18)15(20)21/h12-13,16H,2-11H2,1H3,(H,20,21). The van der Waals surface area contributed by atoms with E-state index in [-0.39, 0.29) is 11.9 Å². The Bertz CT molecular complexity index is 367. The fourth-order valence-corrected chi connectivity index (χ4v) is 3.42. The third-order valence-corrected chi connectivity index (χ3v) is 4.57. The Morgan fingerprint density at radius 3 is 2.52 bits per heavy atom. The Labute approximate surface area is 126 Å². The third kappa shape index (κ3) is 4.17. The SMILES string of the molecule is CCCNCC(=O)N1CCC(N2CCCC2C(=O)O)CC1. The largest absolute Gasteiger partial charge is 0.480 e. The molecule has 0 saturated carbocycles. The maximum atomic E-state index is 12.0. The molecule has 1 atom stereocenters. The molecule has 1 amide bonds. The summed E-state index contributed by atoms with van der Waals surface area (Å²) < 4.78 is 0. The molecule has 2 aliphatic rings. The molecule has 2 rings (SSSR count). The number of aliphatic carboxylic acids is 1. The number of carboxylic acid groups (broad SMARTS) is 1. The van der Waals surface area contributed by atoms with Crippen LogP contribution in [0.2, 0.25) is 0 Å². The molecule has 120 valence electrons. The molecule has 0 spiro atoms. The van der Waals surface area contributed by atoms with Gasteiger partial charge < -0.3 is 15.3 Å². The lowest BCUT2D eigenvalue weighted by atomic mass is 10.0. The molecule has 21 heavy (non-hydrogen) atoms. The van der Waals surface area contributed by atoms with Crippen LogP contribution in [0.25, 0.3) is 0 Å². The van der Waals surface area contributed by atoms with Crippen LogP contribution in [0.4, 0.5) is 0 Å². The predicted molar refractivity (Wildman–Crippen MR) is 80.1 cm³/mol. The summed E-state index contributed by atoms with van der Waals surface area (Å²) in [7, 11) is 0. The van der Waals surface area contributed by atoms with Crippen LogP contribution in [0, 0.1) is 0 Å². The van der Waals surface area contributed by atoms with Crippen LogP contribution in [0.3, 0.4) is 0 Å². The number of piperidine rings is 1. The normalized spacial score (nSPS) is 24.4. The molecule has 2 fully saturated rings. The van der Waals surface area contributed by atoms with Gasteiger partial charge in [-0.3, -0.25) is 14.5 Å². The quantitative estimate of drug-likeness (QED) is 0.700. The highest BCUT2D eigenvalue weighted by Gasteiger charge is 2.37. The molecule has 0 aromatic rings. The number of carbonyl (C=O) groups excluding carboxylic acids is 1. The predicted octanol–water partition coefficient (Wildman–Crippen LogP) is 0.526. The third-order valence-electron chi connectivity index (χ3n) is 4.57. The second-order valence-electron chi connectivity index (χ2n) is 6.02. The summed E-state index contributed by atoms with van der Waals surface area (Å²) in [5.74, 6) is -0.534. The van der Waals surface area contributed by atoms with Gasteiger partial charge in [-0.2, -0.15) is 0 Å². The summed E-state index contributed by atoms with van der Waals surface area (Å²) in [5, 5.41) is 12.4. The van der Waals surface area contributed by atoms with E-state index in [0.717, 1.165) is 58.3 Å². The van der Waals surface area contributed by atoms with Crippen LogP contribution in [-0.2, 0) is 9.59 Å². The van der Waals surface area contributed by atoms with E-state index in [9.17, 15) is 14.7 Å². The summed E-state index contributed by atoms with van der Waals surface area (Å²) in [6, 6.07) is 0.00437. The van der Waals surface area contributed by atoms with Crippen LogP contribution in [-0.4, -0.2) is 71.6 Å². The highest BCUT2D eigenvalue weighted by atomic mass is 16.4. The van der Waals surface area contributed by atoms with Crippen LogP contribution in [0.5, 0.6) is 0 Å². The topological polar surface area (TPSA) is 72.9 Å². The fourth-order valence-electron chi connectivity index (χ4n) is 3.42. The molecule has 0 aromatic heterocycles. The van der Waals surface area contributed by atoms with E-state index in [1.165, 1.54) is 0 Å². The van der Waals surface area contributed by atoms with Crippen molar-refractivity contribution in [2.45, 2.75) is 51.1 Å². The molecule has 0 bridgehead atoms. The Balaban J connectivity index is 1.77. The van der Waals surface area contributed by atoms with Crippen molar-refractivity contribution < 1.29 is 14.7 Å². The Hall–Kier alpha value is -1.14. The number of hydrogen-bond donors (Lipinski definition) is 2. The van der Waals surface area contributed by atoms with E-state index in [1.807, 2.05) is 4.90 Å². The lowest BCUT2D eigenvalue weighted by Crippen LogP contribution is -2.51.